The fourth-order valence-corrected chi connectivity index (χ4v) is 6.01. The maximum atomic E-state index is 14.3. The lowest BCUT2D eigenvalue weighted by Crippen LogP contribution is -2.43. The first-order valence-electron chi connectivity index (χ1n) is 13.5. The van der Waals surface area contributed by atoms with Crippen molar-refractivity contribution in [3.05, 3.63) is 101 Å². The van der Waals surface area contributed by atoms with Crippen molar-refractivity contribution in [1.29, 1.82) is 0 Å². The number of carbonyl (C=O) groups is 1. The number of nitrogens with one attached hydrogen (secondary N) is 1. The molecule has 0 spiro atoms. The van der Waals surface area contributed by atoms with Crippen LogP contribution in [0.15, 0.2) is 84.4 Å². The Kier molecular flexibility index (Phi) is 8.95. The number of halogens is 1. The SMILES string of the molecule is CC(C)(C)[Si](C)(C)Oc1ccc(C[C@H](/C=C(\F)P(=O)(O)O)NC(=O)OCC2c3ccccc3-c3ccccc32)cc1. The summed E-state index contributed by atoms with van der Waals surface area (Å²) in [6, 6.07) is 22.0. The molecule has 10 heteroatoms. The van der Waals surface area contributed by atoms with E-state index >= 15 is 0 Å². The third-order valence-electron chi connectivity index (χ3n) is 7.82. The first-order chi connectivity index (χ1) is 19.2. The number of hydrogen-bond acceptors (Lipinski definition) is 4. The average molecular weight is 598 g/mol. The Morgan fingerprint density at radius 3 is 2.05 bits per heavy atom. The van der Waals surface area contributed by atoms with Crippen molar-refractivity contribution in [2.75, 3.05) is 6.61 Å². The number of ether oxygens (including phenoxy) is 1. The number of carbonyl (C=O) groups excluding carboxylic acids is 1. The third kappa shape index (κ3) is 7.35. The number of hydrogen-bond donors (Lipinski definition) is 3. The Labute approximate surface area is 241 Å². The molecule has 0 fully saturated rings. The molecule has 3 aromatic carbocycles. The summed E-state index contributed by atoms with van der Waals surface area (Å²) in [5, 5.41) is 2.59. The molecule has 4 rings (SSSR count). The van der Waals surface area contributed by atoms with Crippen molar-refractivity contribution >= 4 is 22.0 Å². The van der Waals surface area contributed by atoms with Gasteiger partial charge < -0.3 is 24.3 Å². The number of rotatable bonds is 9. The Hall–Kier alpha value is -3.23. The average Bonchev–Trinajstić information content (AvgIpc) is 3.21. The number of amides is 1. The molecule has 1 aliphatic carbocycles. The molecule has 0 bridgehead atoms. The molecule has 0 saturated heterocycles. The van der Waals surface area contributed by atoms with E-state index in [9.17, 15) is 23.5 Å². The zero-order valence-electron chi connectivity index (χ0n) is 23.9. The minimum atomic E-state index is -5.12. The van der Waals surface area contributed by atoms with Crippen LogP contribution in [0.1, 0.15) is 43.4 Å². The Morgan fingerprint density at radius 1 is 1.00 bits per heavy atom. The van der Waals surface area contributed by atoms with E-state index in [-0.39, 0.29) is 24.0 Å². The molecular formula is C31H37FNO6PSi. The monoisotopic (exact) mass is 597 g/mol. The second-order valence-electron chi connectivity index (χ2n) is 11.8. The second kappa shape index (κ2) is 11.9. The van der Waals surface area contributed by atoms with Crippen molar-refractivity contribution in [1.82, 2.24) is 5.32 Å². The highest BCUT2D eigenvalue weighted by Crippen LogP contribution is 2.46. The Morgan fingerprint density at radius 2 is 1.54 bits per heavy atom. The molecule has 3 aromatic rings. The van der Waals surface area contributed by atoms with Gasteiger partial charge in [-0.15, -0.1) is 0 Å². The highest BCUT2D eigenvalue weighted by atomic mass is 31.2. The van der Waals surface area contributed by atoms with E-state index in [0.717, 1.165) is 28.3 Å². The minimum Gasteiger partial charge on any atom is -0.544 e. The number of fused-ring (bicyclic) bond motifs is 3. The first kappa shape index (κ1) is 30.7. The maximum Gasteiger partial charge on any atom is 0.407 e. The van der Waals surface area contributed by atoms with E-state index in [1.54, 1.807) is 12.1 Å². The molecule has 218 valence electrons. The molecular weight excluding hydrogens is 560 g/mol. The maximum absolute atomic E-state index is 14.3. The van der Waals surface area contributed by atoms with Gasteiger partial charge in [-0.05, 0) is 70.6 Å². The van der Waals surface area contributed by atoms with Crippen LogP contribution in [0.2, 0.25) is 18.1 Å². The predicted molar refractivity (Wildman–Crippen MR) is 161 cm³/mol. The lowest BCUT2D eigenvalue weighted by atomic mass is 9.98. The summed E-state index contributed by atoms with van der Waals surface area (Å²) in [4.78, 5) is 31.4. The van der Waals surface area contributed by atoms with Crippen molar-refractivity contribution in [3.63, 3.8) is 0 Å². The van der Waals surface area contributed by atoms with Crippen molar-refractivity contribution in [2.24, 2.45) is 0 Å². The molecule has 0 heterocycles. The quantitative estimate of drug-likeness (QED) is 0.174. The van der Waals surface area contributed by atoms with Gasteiger partial charge in [0.15, 0.2) is 0 Å². The van der Waals surface area contributed by atoms with Crippen LogP contribution >= 0.6 is 7.60 Å². The topological polar surface area (TPSA) is 105 Å². The van der Waals surface area contributed by atoms with Crippen LogP contribution in [-0.2, 0) is 15.7 Å². The molecule has 1 aliphatic rings. The predicted octanol–water partition coefficient (Wildman–Crippen LogP) is 7.51. The Balaban J connectivity index is 1.47. The van der Waals surface area contributed by atoms with Gasteiger partial charge in [0.25, 0.3) is 0 Å². The molecule has 7 nitrogen and oxygen atoms in total. The minimum absolute atomic E-state index is 0.0224. The van der Waals surface area contributed by atoms with Crippen molar-refractivity contribution in [3.8, 4) is 16.9 Å². The molecule has 41 heavy (non-hydrogen) atoms. The van der Waals surface area contributed by atoms with Crippen molar-refractivity contribution in [2.45, 2.75) is 57.3 Å². The van der Waals surface area contributed by atoms with Crippen LogP contribution in [0, 0.1) is 0 Å². The second-order valence-corrected chi connectivity index (χ2v) is 18.1. The van der Waals surface area contributed by atoms with E-state index in [4.69, 9.17) is 9.16 Å². The zero-order chi connectivity index (χ0) is 30.0. The van der Waals surface area contributed by atoms with Gasteiger partial charge >= 0.3 is 13.7 Å². The smallest absolute Gasteiger partial charge is 0.407 e. The van der Waals surface area contributed by atoms with Crippen LogP contribution in [0.5, 0.6) is 5.75 Å². The van der Waals surface area contributed by atoms with Crippen LogP contribution in [-0.4, -0.2) is 36.8 Å². The van der Waals surface area contributed by atoms with Gasteiger partial charge in [-0.1, -0.05) is 81.4 Å². The van der Waals surface area contributed by atoms with Crippen LogP contribution < -0.4 is 9.74 Å². The van der Waals surface area contributed by atoms with Gasteiger partial charge in [-0.3, -0.25) is 4.57 Å². The van der Waals surface area contributed by atoms with Gasteiger partial charge in [0.1, 0.15) is 12.4 Å². The number of alkyl carbamates (subject to hydrolysis) is 1. The summed E-state index contributed by atoms with van der Waals surface area (Å²) in [6.45, 7) is 10.8. The highest BCUT2D eigenvalue weighted by Gasteiger charge is 2.39. The van der Waals surface area contributed by atoms with Crippen LogP contribution in [0.4, 0.5) is 9.18 Å². The van der Waals surface area contributed by atoms with E-state index < -0.39 is 33.6 Å². The summed E-state index contributed by atoms with van der Waals surface area (Å²) in [6.07, 6.45) is 0.00440. The fourth-order valence-electron chi connectivity index (χ4n) is 4.60. The van der Waals surface area contributed by atoms with Crippen LogP contribution in [0.25, 0.3) is 11.1 Å². The van der Waals surface area contributed by atoms with E-state index in [2.05, 4.69) is 39.2 Å². The van der Waals surface area contributed by atoms with Crippen molar-refractivity contribution < 1.29 is 32.7 Å². The summed E-state index contributed by atoms with van der Waals surface area (Å²) in [7, 11) is -7.17. The summed E-state index contributed by atoms with van der Waals surface area (Å²) < 4.78 is 37.7. The molecule has 0 radical (unpaired) electrons. The molecule has 0 unspecified atom stereocenters. The molecule has 1 atom stereocenters. The standard InChI is InChI=1S/C31H37FNO6PSi/c1-31(2,3)41(4,5)39-23-16-14-21(15-17-23)18-22(19-29(32)40(35,36)37)33-30(34)38-20-28-26-12-8-6-10-24(26)25-11-7-9-13-27(25)28/h6-17,19,22,28H,18,20H2,1-5H3,(H,33,34)(H2,35,36,37)/b29-19+/t22-/m1/s1. The zero-order valence-corrected chi connectivity index (χ0v) is 25.8. The van der Waals surface area contributed by atoms with Gasteiger partial charge in [0.2, 0.25) is 13.9 Å². The van der Waals surface area contributed by atoms with Gasteiger partial charge in [-0.2, -0.15) is 4.39 Å². The Bertz CT molecular complexity index is 1430. The van der Waals surface area contributed by atoms with E-state index in [1.165, 1.54) is 0 Å². The lowest BCUT2D eigenvalue weighted by molar-refractivity contribution is 0.140. The first-order valence-corrected chi connectivity index (χ1v) is 18.0. The largest absolute Gasteiger partial charge is 0.544 e. The molecule has 0 aromatic heterocycles. The van der Waals surface area contributed by atoms with Gasteiger partial charge in [-0.25, -0.2) is 4.79 Å². The molecule has 0 aliphatic heterocycles. The van der Waals surface area contributed by atoms with Crippen LogP contribution in [0.3, 0.4) is 0 Å². The third-order valence-corrected chi connectivity index (χ3v) is 12.9. The lowest BCUT2D eigenvalue weighted by Gasteiger charge is -2.36. The van der Waals surface area contributed by atoms with E-state index in [1.807, 2.05) is 60.7 Å². The van der Waals surface area contributed by atoms with Gasteiger partial charge in [0.05, 0.1) is 6.04 Å². The van der Waals surface area contributed by atoms with E-state index in [0.29, 0.717) is 11.3 Å². The fraction of sp³-hybridized carbons (Fsp3) is 0.323. The number of benzene rings is 3. The summed E-state index contributed by atoms with van der Waals surface area (Å²) >= 11 is 0. The summed E-state index contributed by atoms with van der Waals surface area (Å²) in [5.41, 5.74) is 3.37. The molecule has 0 saturated carbocycles. The molecule has 1 amide bonds. The summed E-state index contributed by atoms with van der Waals surface area (Å²) in [5.74, 6) is 0.542. The molecule has 3 N–H and O–H groups in total. The van der Waals surface area contributed by atoms with Gasteiger partial charge in [0, 0.05) is 5.92 Å². The highest BCUT2D eigenvalue weighted by molar-refractivity contribution is 7.56. The normalized spacial score (nSPS) is 14.7.